The smallest absolute Gasteiger partial charge is 0.161 e. The number of nitrogens with zero attached hydrogens (tertiary/aromatic N) is 2. The summed E-state index contributed by atoms with van der Waals surface area (Å²) in [7, 11) is 1.63. The fourth-order valence-corrected chi connectivity index (χ4v) is 4.20. The first-order chi connectivity index (χ1) is 15.7. The highest BCUT2D eigenvalue weighted by Gasteiger charge is 2.11. The molecule has 1 aromatic heterocycles. The Morgan fingerprint density at radius 1 is 1.06 bits per heavy atom. The van der Waals surface area contributed by atoms with E-state index in [4.69, 9.17) is 14.5 Å². The molecule has 0 saturated heterocycles. The molecule has 0 aliphatic rings. The summed E-state index contributed by atoms with van der Waals surface area (Å²) in [5.74, 6) is 1.37. The molecule has 0 saturated carbocycles. The van der Waals surface area contributed by atoms with E-state index in [0.29, 0.717) is 28.7 Å². The molecule has 4 aromatic rings. The summed E-state index contributed by atoms with van der Waals surface area (Å²) in [5.41, 5.74) is 3.30. The van der Waals surface area contributed by atoms with E-state index in [0.717, 1.165) is 29.7 Å². The zero-order valence-electron chi connectivity index (χ0n) is 18.2. The molecule has 0 N–H and O–H groups in total. The van der Waals surface area contributed by atoms with E-state index in [1.807, 2.05) is 41.8 Å². The number of methoxy groups -OCH3 is 1. The van der Waals surface area contributed by atoms with E-state index in [-0.39, 0.29) is 0 Å². The van der Waals surface area contributed by atoms with Crippen LogP contribution in [0.25, 0.3) is 33.7 Å². The normalized spacial score (nSPS) is 11.3. The standard InChI is InChI=1S/C27H24N2O2S/c1-3-4-13-31-26-15-19(9-12-25(26)30-2)14-23(17-28)27-29-24(18-32-27)22-11-10-20-7-5-6-8-21(20)16-22/h5-12,14-16,18H,3-4,13H2,1-2H3/b23-14+. The van der Waals surface area contributed by atoms with Gasteiger partial charge in [0.15, 0.2) is 11.5 Å². The molecule has 0 atom stereocenters. The van der Waals surface area contributed by atoms with Crippen molar-refractivity contribution in [3.63, 3.8) is 0 Å². The van der Waals surface area contributed by atoms with Crippen LogP contribution in [0.1, 0.15) is 30.3 Å². The SMILES string of the molecule is CCCCOc1cc(/C=C(\C#N)c2nc(-c3ccc4ccccc4c3)cs2)ccc1OC. The van der Waals surface area contributed by atoms with E-state index in [1.54, 1.807) is 7.11 Å². The van der Waals surface area contributed by atoms with Crippen molar-refractivity contribution in [2.75, 3.05) is 13.7 Å². The number of rotatable bonds is 8. The van der Waals surface area contributed by atoms with Crippen LogP contribution in [0.3, 0.4) is 0 Å². The molecule has 0 aliphatic heterocycles. The van der Waals surface area contributed by atoms with Crippen LogP contribution in [-0.2, 0) is 0 Å². The molecule has 160 valence electrons. The largest absolute Gasteiger partial charge is 0.493 e. The first kappa shape index (κ1) is 21.6. The summed E-state index contributed by atoms with van der Waals surface area (Å²) in [6.45, 7) is 2.76. The Balaban J connectivity index is 1.62. The van der Waals surface area contributed by atoms with Gasteiger partial charge in [0.05, 0.1) is 25.0 Å². The number of hydrogen-bond acceptors (Lipinski definition) is 5. The molecule has 0 unspecified atom stereocenters. The summed E-state index contributed by atoms with van der Waals surface area (Å²) in [6, 6.07) is 22.5. The molecule has 0 amide bonds. The number of ether oxygens (including phenoxy) is 2. The first-order valence-electron chi connectivity index (χ1n) is 10.6. The molecule has 0 bridgehead atoms. The summed E-state index contributed by atoms with van der Waals surface area (Å²) in [4.78, 5) is 4.74. The summed E-state index contributed by atoms with van der Waals surface area (Å²) >= 11 is 1.47. The van der Waals surface area contributed by atoms with Gasteiger partial charge in [0.25, 0.3) is 0 Å². The number of aromatic nitrogens is 1. The van der Waals surface area contributed by atoms with Gasteiger partial charge in [-0.1, -0.05) is 55.8 Å². The van der Waals surface area contributed by atoms with Gasteiger partial charge >= 0.3 is 0 Å². The van der Waals surface area contributed by atoms with E-state index in [1.165, 1.54) is 22.1 Å². The number of fused-ring (bicyclic) bond motifs is 1. The van der Waals surface area contributed by atoms with Crippen molar-refractivity contribution < 1.29 is 9.47 Å². The average Bonchev–Trinajstić information content (AvgIpc) is 3.32. The van der Waals surface area contributed by atoms with Crippen LogP contribution < -0.4 is 9.47 Å². The average molecular weight is 441 g/mol. The Morgan fingerprint density at radius 2 is 1.91 bits per heavy atom. The van der Waals surface area contributed by atoms with Gasteiger partial charge in [-0.25, -0.2) is 4.98 Å². The zero-order valence-corrected chi connectivity index (χ0v) is 19.0. The van der Waals surface area contributed by atoms with E-state index >= 15 is 0 Å². The fourth-order valence-electron chi connectivity index (χ4n) is 3.41. The van der Waals surface area contributed by atoms with E-state index < -0.39 is 0 Å². The molecular formula is C27H24N2O2S. The molecule has 4 rings (SSSR count). The van der Waals surface area contributed by atoms with Crippen LogP contribution in [0.2, 0.25) is 0 Å². The van der Waals surface area contributed by atoms with Crippen molar-refractivity contribution >= 4 is 33.8 Å². The Morgan fingerprint density at radius 3 is 2.69 bits per heavy atom. The van der Waals surface area contributed by atoms with Gasteiger partial charge in [0.2, 0.25) is 0 Å². The van der Waals surface area contributed by atoms with Crippen LogP contribution >= 0.6 is 11.3 Å². The number of allylic oxidation sites excluding steroid dienone is 1. The van der Waals surface area contributed by atoms with E-state index in [9.17, 15) is 5.26 Å². The molecule has 0 spiro atoms. The Labute approximate surface area is 192 Å². The van der Waals surface area contributed by atoms with E-state index in [2.05, 4.69) is 43.3 Å². The molecule has 3 aromatic carbocycles. The van der Waals surface area contributed by atoms with Crippen LogP contribution in [0.15, 0.2) is 66.0 Å². The van der Waals surface area contributed by atoms with Gasteiger partial charge in [-0.05, 0) is 47.0 Å². The summed E-state index contributed by atoms with van der Waals surface area (Å²) < 4.78 is 11.3. The maximum atomic E-state index is 9.80. The lowest BCUT2D eigenvalue weighted by Crippen LogP contribution is -1.99. The lowest BCUT2D eigenvalue weighted by molar-refractivity contribution is 0.288. The van der Waals surface area contributed by atoms with Crippen molar-refractivity contribution in [2.45, 2.75) is 19.8 Å². The Kier molecular flexibility index (Phi) is 6.84. The number of unbranched alkanes of at least 4 members (excludes halogenated alkanes) is 1. The lowest BCUT2D eigenvalue weighted by Gasteiger charge is -2.11. The second-order valence-electron chi connectivity index (χ2n) is 7.38. The van der Waals surface area contributed by atoms with Crippen molar-refractivity contribution in [1.29, 1.82) is 5.26 Å². The third-order valence-corrected chi connectivity index (χ3v) is 6.03. The highest BCUT2D eigenvalue weighted by atomic mass is 32.1. The lowest BCUT2D eigenvalue weighted by atomic mass is 10.1. The molecular weight excluding hydrogens is 416 g/mol. The van der Waals surface area contributed by atoms with Crippen molar-refractivity contribution in [3.8, 4) is 28.8 Å². The predicted octanol–water partition coefficient (Wildman–Crippen LogP) is 7.21. The number of hydrogen-bond donors (Lipinski definition) is 0. The van der Waals surface area contributed by atoms with Gasteiger partial charge < -0.3 is 9.47 Å². The second kappa shape index (κ2) is 10.1. The molecule has 0 aliphatic carbocycles. The van der Waals surface area contributed by atoms with Gasteiger partial charge in [0.1, 0.15) is 11.1 Å². The molecule has 1 heterocycles. The van der Waals surface area contributed by atoms with Crippen LogP contribution in [-0.4, -0.2) is 18.7 Å². The molecule has 4 nitrogen and oxygen atoms in total. The van der Waals surface area contributed by atoms with Crippen LogP contribution in [0.4, 0.5) is 0 Å². The third-order valence-electron chi connectivity index (χ3n) is 5.15. The minimum absolute atomic E-state index is 0.520. The first-order valence-corrected chi connectivity index (χ1v) is 11.5. The van der Waals surface area contributed by atoms with Crippen molar-refractivity contribution in [2.24, 2.45) is 0 Å². The Bertz CT molecular complexity index is 1300. The topological polar surface area (TPSA) is 55.1 Å². The van der Waals surface area contributed by atoms with Crippen LogP contribution in [0.5, 0.6) is 11.5 Å². The van der Waals surface area contributed by atoms with Crippen LogP contribution in [0, 0.1) is 11.3 Å². The quantitative estimate of drug-likeness (QED) is 0.214. The number of nitriles is 1. The molecule has 0 fully saturated rings. The van der Waals surface area contributed by atoms with Gasteiger partial charge in [-0.3, -0.25) is 0 Å². The highest BCUT2D eigenvalue weighted by Crippen LogP contribution is 2.32. The minimum atomic E-state index is 0.520. The maximum absolute atomic E-state index is 9.80. The minimum Gasteiger partial charge on any atom is -0.493 e. The highest BCUT2D eigenvalue weighted by molar-refractivity contribution is 7.11. The summed E-state index contributed by atoms with van der Waals surface area (Å²) in [5, 5.41) is 14.9. The predicted molar refractivity (Wildman–Crippen MR) is 132 cm³/mol. The molecule has 5 heteroatoms. The molecule has 0 radical (unpaired) electrons. The number of thiazole rings is 1. The number of benzene rings is 3. The zero-order chi connectivity index (χ0) is 22.3. The van der Waals surface area contributed by atoms with Gasteiger partial charge in [-0.2, -0.15) is 5.26 Å². The second-order valence-corrected chi connectivity index (χ2v) is 8.24. The van der Waals surface area contributed by atoms with Crippen molar-refractivity contribution in [1.82, 2.24) is 4.98 Å². The Hall–Kier alpha value is -3.62. The van der Waals surface area contributed by atoms with Gasteiger partial charge in [-0.15, -0.1) is 11.3 Å². The maximum Gasteiger partial charge on any atom is 0.161 e. The van der Waals surface area contributed by atoms with Gasteiger partial charge in [0, 0.05) is 10.9 Å². The third kappa shape index (κ3) is 4.82. The summed E-state index contributed by atoms with van der Waals surface area (Å²) in [6.07, 6.45) is 3.88. The monoisotopic (exact) mass is 440 g/mol. The molecule has 32 heavy (non-hydrogen) atoms. The fraction of sp³-hybridized carbons (Fsp3) is 0.185. The van der Waals surface area contributed by atoms with Crippen molar-refractivity contribution in [3.05, 3.63) is 76.6 Å².